The molecule has 1 unspecified atom stereocenters. The van der Waals surface area contributed by atoms with Gasteiger partial charge in [-0.1, -0.05) is 0 Å². The van der Waals surface area contributed by atoms with E-state index in [0.29, 0.717) is 0 Å². The van der Waals surface area contributed by atoms with Gasteiger partial charge in [0.25, 0.3) is 0 Å². The quantitative estimate of drug-likeness (QED) is 0.829. The van der Waals surface area contributed by atoms with Crippen LogP contribution in [0.1, 0.15) is 34.1 Å². The van der Waals surface area contributed by atoms with Crippen molar-refractivity contribution in [3.63, 3.8) is 0 Å². The fraction of sp³-hybridized carbons (Fsp3) is 0.818. The molecule has 0 saturated carbocycles. The first-order valence-electron chi connectivity index (χ1n) is 5.78. The Morgan fingerprint density at radius 3 is 2.11 bits per heavy atom. The van der Waals surface area contributed by atoms with Crippen LogP contribution in [-0.2, 0) is 9.53 Å². The standard InChI is InChI=1S/C11H19F3N2O3/c1-5-15-8(17)7(6-11(12,13)14)16-9(18)19-10(2,3)4/h7H,5-6H2,1-4H3,(H,15,17)(H,16,18). The van der Waals surface area contributed by atoms with E-state index in [9.17, 15) is 22.8 Å². The summed E-state index contributed by atoms with van der Waals surface area (Å²) in [7, 11) is 0. The maximum absolute atomic E-state index is 12.3. The smallest absolute Gasteiger partial charge is 0.408 e. The Balaban J connectivity index is 4.67. The summed E-state index contributed by atoms with van der Waals surface area (Å²) in [5.41, 5.74) is -0.853. The number of nitrogens with one attached hydrogen (secondary N) is 2. The number of hydrogen-bond acceptors (Lipinski definition) is 3. The number of hydrogen-bond donors (Lipinski definition) is 2. The lowest BCUT2D eigenvalue weighted by Gasteiger charge is -2.23. The fourth-order valence-corrected chi connectivity index (χ4v) is 1.19. The second kappa shape index (κ2) is 6.63. The average Bonchev–Trinajstić information content (AvgIpc) is 2.11. The lowest BCUT2D eigenvalue weighted by Crippen LogP contribution is -2.50. The average molecular weight is 284 g/mol. The molecule has 0 aromatic carbocycles. The molecule has 112 valence electrons. The molecular weight excluding hydrogens is 265 g/mol. The van der Waals surface area contributed by atoms with E-state index >= 15 is 0 Å². The first kappa shape index (κ1) is 17.5. The van der Waals surface area contributed by atoms with Crippen molar-refractivity contribution in [2.24, 2.45) is 0 Å². The third kappa shape index (κ3) is 9.15. The number of likely N-dealkylation sites (N-methyl/N-ethyl adjacent to an activating group) is 1. The molecule has 0 fully saturated rings. The van der Waals surface area contributed by atoms with Crippen molar-refractivity contribution in [2.45, 2.75) is 51.9 Å². The molecule has 2 N–H and O–H groups in total. The van der Waals surface area contributed by atoms with E-state index < -0.39 is 36.2 Å². The highest BCUT2D eigenvalue weighted by molar-refractivity contribution is 5.85. The summed E-state index contributed by atoms with van der Waals surface area (Å²) in [6, 6.07) is -1.70. The second-order valence-electron chi connectivity index (χ2n) is 4.91. The first-order chi connectivity index (χ1) is 8.44. The Labute approximate surface area is 109 Å². The van der Waals surface area contributed by atoms with Crippen LogP contribution in [0.2, 0.25) is 0 Å². The number of ether oxygens (including phenoxy) is 1. The summed E-state index contributed by atoms with van der Waals surface area (Å²) in [5, 5.41) is 4.15. The third-order valence-electron chi connectivity index (χ3n) is 1.79. The Morgan fingerprint density at radius 2 is 1.74 bits per heavy atom. The fourth-order valence-electron chi connectivity index (χ4n) is 1.19. The maximum Gasteiger partial charge on any atom is 0.408 e. The van der Waals surface area contributed by atoms with Crippen molar-refractivity contribution >= 4 is 12.0 Å². The molecule has 1 atom stereocenters. The molecule has 0 heterocycles. The molecule has 0 radical (unpaired) electrons. The molecule has 0 aromatic rings. The number of carbonyl (C=O) groups excluding carboxylic acids is 2. The number of amides is 2. The van der Waals surface area contributed by atoms with E-state index in [-0.39, 0.29) is 6.54 Å². The van der Waals surface area contributed by atoms with E-state index in [1.165, 1.54) is 0 Å². The maximum atomic E-state index is 12.3. The molecule has 2 amide bonds. The predicted octanol–water partition coefficient (Wildman–Crippen LogP) is 1.97. The molecule has 5 nitrogen and oxygen atoms in total. The highest BCUT2D eigenvalue weighted by atomic mass is 19.4. The highest BCUT2D eigenvalue weighted by Crippen LogP contribution is 2.22. The number of carbonyl (C=O) groups is 2. The summed E-state index contributed by atoms with van der Waals surface area (Å²) in [4.78, 5) is 22.8. The van der Waals surface area contributed by atoms with Crippen LogP contribution < -0.4 is 10.6 Å². The molecule has 0 spiro atoms. The van der Waals surface area contributed by atoms with Crippen LogP contribution in [0.4, 0.5) is 18.0 Å². The van der Waals surface area contributed by atoms with Crippen LogP contribution in [-0.4, -0.2) is 36.4 Å². The summed E-state index contributed by atoms with van der Waals surface area (Å²) >= 11 is 0. The van der Waals surface area contributed by atoms with Crippen LogP contribution in [0, 0.1) is 0 Å². The number of halogens is 3. The molecule has 19 heavy (non-hydrogen) atoms. The van der Waals surface area contributed by atoms with Crippen LogP contribution >= 0.6 is 0 Å². The van der Waals surface area contributed by atoms with Gasteiger partial charge >= 0.3 is 12.3 Å². The molecule has 0 aliphatic rings. The van der Waals surface area contributed by atoms with Gasteiger partial charge in [0.15, 0.2) is 0 Å². The van der Waals surface area contributed by atoms with Crippen molar-refractivity contribution in [1.82, 2.24) is 10.6 Å². The van der Waals surface area contributed by atoms with Crippen molar-refractivity contribution < 1.29 is 27.5 Å². The second-order valence-corrected chi connectivity index (χ2v) is 4.91. The summed E-state index contributed by atoms with van der Waals surface area (Å²) in [6.07, 6.45) is -7.07. The van der Waals surface area contributed by atoms with Crippen LogP contribution in [0.5, 0.6) is 0 Å². The zero-order valence-corrected chi connectivity index (χ0v) is 11.4. The van der Waals surface area contributed by atoms with Crippen LogP contribution in [0.25, 0.3) is 0 Å². The topological polar surface area (TPSA) is 67.4 Å². The minimum absolute atomic E-state index is 0.170. The van der Waals surface area contributed by atoms with Gasteiger partial charge in [0, 0.05) is 6.54 Å². The molecule has 8 heteroatoms. The number of alkyl halides is 3. The zero-order chi connectivity index (χ0) is 15.3. The molecule has 0 saturated heterocycles. The Hall–Kier alpha value is -1.47. The van der Waals surface area contributed by atoms with E-state index in [1.54, 1.807) is 27.7 Å². The molecule has 0 bridgehead atoms. The van der Waals surface area contributed by atoms with Gasteiger partial charge in [0.2, 0.25) is 5.91 Å². The minimum Gasteiger partial charge on any atom is -0.444 e. The van der Waals surface area contributed by atoms with Gasteiger partial charge in [-0.15, -0.1) is 0 Å². The van der Waals surface area contributed by atoms with Gasteiger partial charge in [-0.25, -0.2) is 4.79 Å². The SMILES string of the molecule is CCNC(=O)C(CC(F)(F)F)NC(=O)OC(C)(C)C. The number of alkyl carbamates (subject to hydrolysis) is 1. The van der Waals surface area contributed by atoms with Gasteiger partial charge in [-0.05, 0) is 27.7 Å². The lowest BCUT2D eigenvalue weighted by atomic mass is 10.2. The van der Waals surface area contributed by atoms with Gasteiger partial charge < -0.3 is 15.4 Å². The first-order valence-corrected chi connectivity index (χ1v) is 5.78. The Bertz CT molecular complexity index is 324. The summed E-state index contributed by atoms with van der Waals surface area (Å²) < 4.78 is 41.8. The normalized spacial score (nSPS) is 13.6. The highest BCUT2D eigenvalue weighted by Gasteiger charge is 2.36. The minimum atomic E-state index is -4.56. The Morgan fingerprint density at radius 1 is 1.21 bits per heavy atom. The molecule has 0 rings (SSSR count). The van der Waals surface area contributed by atoms with Gasteiger partial charge in [-0.3, -0.25) is 4.79 Å². The van der Waals surface area contributed by atoms with E-state index in [4.69, 9.17) is 4.74 Å². The van der Waals surface area contributed by atoms with Crippen molar-refractivity contribution in [1.29, 1.82) is 0 Å². The van der Waals surface area contributed by atoms with Gasteiger partial charge in [0.05, 0.1) is 6.42 Å². The van der Waals surface area contributed by atoms with Crippen LogP contribution in [0.15, 0.2) is 0 Å². The largest absolute Gasteiger partial charge is 0.444 e. The molecular formula is C11H19F3N2O3. The van der Waals surface area contributed by atoms with E-state index in [1.807, 2.05) is 5.32 Å². The lowest BCUT2D eigenvalue weighted by molar-refractivity contribution is -0.149. The van der Waals surface area contributed by atoms with E-state index in [2.05, 4.69) is 5.32 Å². The summed E-state index contributed by atoms with van der Waals surface area (Å²) in [5.74, 6) is -0.898. The molecule has 0 aliphatic carbocycles. The van der Waals surface area contributed by atoms with Gasteiger partial charge in [-0.2, -0.15) is 13.2 Å². The Kier molecular flexibility index (Phi) is 6.11. The van der Waals surface area contributed by atoms with E-state index in [0.717, 1.165) is 0 Å². The van der Waals surface area contributed by atoms with Crippen molar-refractivity contribution in [3.05, 3.63) is 0 Å². The predicted molar refractivity (Wildman–Crippen MR) is 62.5 cm³/mol. The van der Waals surface area contributed by atoms with Crippen molar-refractivity contribution in [2.75, 3.05) is 6.54 Å². The molecule has 0 aromatic heterocycles. The summed E-state index contributed by atoms with van der Waals surface area (Å²) in [6.45, 7) is 6.44. The van der Waals surface area contributed by atoms with Gasteiger partial charge in [0.1, 0.15) is 11.6 Å². The van der Waals surface area contributed by atoms with Crippen LogP contribution in [0.3, 0.4) is 0 Å². The van der Waals surface area contributed by atoms with Crippen molar-refractivity contribution in [3.8, 4) is 0 Å². The monoisotopic (exact) mass is 284 g/mol. The zero-order valence-electron chi connectivity index (χ0n) is 11.4. The number of rotatable bonds is 4. The third-order valence-corrected chi connectivity index (χ3v) is 1.79. The molecule has 0 aliphatic heterocycles.